The Hall–Kier alpha value is -1.74. The van der Waals surface area contributed by atoms with E-state index in [1.165, 1.54) is 61.4 Å². The molecule has 4 aliphatic carbocycles. The van der Waals surface area contributed by atoms with Gasteiger partial charge in [0.1, 0.15) is 5.75 Å². The van der Waals surface area contributed by atoms with Crippen LogP contribution in [-0.2, 0) is 11.2 Å². The highest BCUT2D eigenvalue weighted by molar-refractivity contribution is 8.13. The van der Waals surface area contributed by atoms with Gasteiger partial charge in [0.25, 0.3) is 0 Å². The molecule has 0 saturated heterocycles. The summed E-state index contributed by atoms with van der Waals surface area (Å²) >= 11 is 1.40. The predicted molar refractivity (Wildman–Crippen MR) is 115 cm³/mol. The minimum absolute atomic E-state index is 0.146. The fourth-order valence-corrected chi connectivity index (χ4v) is 7.29. The Balaban J connectivity index is 1.39. The van der Waals surface area contributed by atoms with Gasteiger partial charge in [0.15, 0.2) is 0 Å². The van der Waals surface area contributed by atoms with Crippen molar-refractivity contribution in [3.05, 3.63) is 65.2 Å². The Morgan fingerprint density at radius 2 is 1.64 bits per heavy atom. The van der Waals surface area contributed by atoms with E-state index in [4.69, 9.17) is 4.74 Å². The molecule has 146 valence electrons. The van der Waals surface area contributed by atoms with Gasteiger partial charge in [-0.25, -0.2) is 0 Å². The van der Waals surface area contributed by atoms with E-state index in [0.29, 0.717) is 5.41 Å². The molecule has 2 aromatic carbocycles. The van der Waals surface area contributed by atoms with E-state index in [9.17, 15) is 4.79 Å². The maximum Gasteiger partial charge on any atom is 0.219 e. The number of carbonyl (C=O) groups is 1. The molecule has 4 bridgehead atoms. The van der Waals surface area contributed by atoms with Gasteiger partial charge in [-0.3, -0.25) is 4.79 Å². The van der Waals surface area contributed by atoms with Crippen LogP contribution in [0.3, 0.4) is 0 Å². The summed E-state index contributed by atoms with van der Waals surface area (Å²) in [5, 5.41) is 0.146. The molecule has 4 aliphatic rings. The highest BCUT2D eigenvalue weighted by atomic mass is 32.2. The number of benzene rings is 2. The van der Waals surface area contributed by atoms with Gasteiger partial charge in [0.05, 0.1) is 7.11 Å². The van der Waals surface area contributed by atoms with Crippen LogP contribution in [0, 0.1) is 17.8 Å². The molecule has 0 aliphatic heterocycles. The third-order valence-corrected chi connectivity index (χ3v) is 8.23. The first-order valence-electron chi connectivity index (χ1n) is 10.5. The third kappa shape index (κ3) is 3.28. The van der Waals surface area contributed by atoms with Gasteiger partial charge >= 0.3 is 0 Å². The van der Waals surface area contributed by atoms with Gasteiger partial charge in [-0.05, 0) is 73.3 Å². The van der Waals surface area contributed by atoms with E-state index < -0.39 is 0 Å². The lowest BCUT2D eigenvalue weighted by Gasteiger charge is -2.57. The highest BCUT2D eigenvalue weighted by Crippen LogP contribution is 2.62. The van der Waals surface area contributed by atoms with Gasteiger partial charge in [-0.1, -0.05) is 54.2 Å². The van der Waals surface area contributed by atoms with Crippen LogP contribution in [0.15, 0.2) is 48.5 Å². The Morgan fingerprint density at radius 1 is 1.00 bits per heavy atom. The summed E-state index contributed by atoms with van der Waals surface area (Å²) in [6.07, 6.45) is 8.33. The molecule has 0 unspecified atom stereocenters. The van der Waals surface area contributed by atoms with Crippen molar-refractivity contribution >= 4 is 16.9 Å². The van der Waals surface area contributed by atoms with E-state index in [-0.39, 0.29) is 5.12 Å². The lowest BCUT2D eigenvalue weighted by atomic mass is 9.48. The molecule has 0 amide bonds. The van der Waals surface area contributed by atoms with Crippen molar-refractivity contribution in [2.75, 3.05) is 7.11 Å². The molecular formula is C25H28O2S. The second-order valence-electron chi connectivity index (χ2n) is 9.17. The lowest BCUT2D eigenvalue weighted by molar-refractivity contribution is -0.00618. The largest absolute Gasteiger partial charge is 0.496 e. The van der Waals surface area contributed by atoms with Crippen LogP contribution < -0.4 is 4.74 Å². The second-order valence-corrected chi connectivity index (χ2v) is 10.1. The average Bonchev–Trinajstić information content (AvgIpc) is 2.71. The number of ether oxygens (including phenoxy) is 1. The van der Waals surface area contributed by atoms with E-state index in [2.05, 4.69) is 18.2 Å². The highest BCUT2D eigenvalue weighted by Gasteiger charge is 2.52. The molecule has 0 heterocycles. The van der Waals surface area contributed by atoms with Crippen LogP contribution in [0.4, 0.5) is 0 Å². The van der Waals surface area contributed by atoms with E-state index >= 15 is 0 Å². The first-order valence-corrected chi connectivity index (χ1v) is 11.5. The standard InChI is InChI=1S/C25H28O2S/c1-27-23-8-7-17(16-28-24(26)21-5-3-2-4-6-21)12-22(23)25-13-18-9-19(14-25)11-20(10-18)15-25/h2-8,12,18-20H,9-11,13-16H2,1H3. The molecule has 0 aromatic heterocycles. The molecule has 6 rings (SSSR count). The number of hydrogen-bond donors (Lipinski definition) is 0. The number of carbonyl (C=O) groups excluding carboxylic acids is 1. The molecule has 0 N–H and O–H groups in total. The van der Waals surface area contributed by atoms with Crippen LogP contribution >= 0.6 is 11.8 Å². The Kier molecular flexibility index (Phi) is 4.74. The van der Waals surface area contributed by atoms with E-state index in [1.54, 1.807) is 7.11 Å². The zero-order valence-corrected chi connectivity index (χ0v) is 17.3. The average molecular weight is 393 g/mol. The summed E-state index contributed by atoms with van der Waals surface area (Å²) in [6, 6.07) is 16.2. The molecule has 28 heavy (non-hydrogen) atoms. The zero-order valence-electron chi connectivity index (χ0n) is 16.5. The summed E-state index contributed by atoms with van der Waals surface area (Å²) in [7, 11) is 1.80. The minimum Gasteiger partial charge on any atom is -0.496 e. The van der Waals surface area contributed by atoms with E-state index in [1.807, 2.05) is 30.3 Å². The summed E-state index contributed by atoms with van der Waals surface area (Å²) in [5.41, 5.74) is 3.74. The van der Waals surface area contributed by atoms with Crippen molar-refractivity contribution in [2.45, 2.75) is 49.7 Å². The van der Waals surface area contributed by atoms with Crippen LogP contribution in [0.25, 0.3) is 0 Å². The van der Waals surface area contributed by atoms with Crippen molar-refractivity contribution in [1.82, 2.24) is 0 Å². The summed E-state index contributed by atoms with van der Waals surface area (Å²) < 4.78 is 5.81. The first kappa shape index (κ1) is 18.3. The predicted octanol–water partition coefficient (Wildman–Crippen LogP) is 6.24. The molecule has 4 saturated carbocycles. The van der Waals surface area contributed by atoms with Crippen molar-refractivity contribution in [3.63, 3.8) is 0 Å². The van der Waals surface area contributed by atoms with Gasteiger partial charge < -0.3 is 4.74 Å². The Bertz CT molecular complexity index is 838. The van der Waals surface area contributed by atoms with Crippen LogP contribution in [0.2, 0.25) is 0 Å². The van der Waals surface area contributed by atoms with Crippen molar-refractivity contribution < 1.29 is 9.53 Å². The minimum atomic E-state index is 0.146. The number of rotatable bonds is 5. The number of hydrogen-bond acceptors (Lipinski definition) is 3. The third-order valence-electron chi connectivity index (χ3n) is 7.25. The molecule has 2 aromatic rings. The van der Waals surface area contributed by atoms with Crippen LogP contribution in [0.5, 0.6) is 5.75 Å². The molecule has 3 heteroatoms. The van der Waals surface area contributed by atoms with Gasteiger partial charge in [0.2, 0.25) is 5.12 Å². The van der Waals surface area contributed by atoms with Crippen molar-refractivity contribution in [3.8, 4) is 5.75 Å². The fraction of sp³-hybridized carbons (Fsp3) is 0.480. The Labute approximate surface area is 172 Å². The quantitative estimate of drug-likeness (QED) is 0.603. The fourth-order valence-electron chi connectivity index (χ4n) is 6.51. The van der Waals surface area contributed by atoms with Crippen LogP contribution in [0.1, 0.15) is 60.0 Å². The second kappa shape index (κ2) is 7.26. The first-order chi connectivity index (χ1) is 13.6. The summed E-state index contributed by atoms with van der Waals surface area (Å²) in [6.45, 7) is 0. The van der Waals surface area contributed by atoms with E-state index in [0.717, 1.165) is 34.8 Å². The number of methoxy groups -OCH3 is 1. The van der Waals surface area contributed by atoms with Crippen LogP contribution in [-0.4, -0.2) is 12.2 Å². The van der Waals surface area contributed by atoms with Crippen molar-refractivity contribution in [1.29, 1.82) is 0 Å². The molecule has 2 nitrogen and oxygen atoms in total. The summed E-state index contributed by atoms with van der Waals surface area (Å²) in [4.78, 5) is 12.5. The topological polar surface area (TPSA) is 26.3 Å². The monoisotopic (exact) mass is 392 g/mol. The lowest BCUT2D eigenvalue weighted by Crippen LogP contribution is -2.48. The molecule has 0 atom stereocenters. The molecule has 0 spiro atoms. The molecule has 4 fully saturated rings. The summed E-state index contributed by atoms with van der Waals surface area (Å²) in [5.74, 6) is 4.50. The maximum atomic E-state index is 12.5. The van der Waals surface area contributed by atoms with Gasteiger partial charge in [-0.2, -0.15) is 0 Å². The normalized spacial score (nSPS) is 30.4. The zero-order chi connectivity index (χ0) is 19.1. The SMILES string of the molecule is COc1ccc(CSC(=O)c2ccccc2)cc1C12CC3CC(CC(C3)C1)C2. The van der Waals surface area contributed by atoms with Gasteiger partial charge in [0, 0.05) is 16.9 Å². The molecular weight excluding hydrogens is 364 g/mol. The number of thioether (sulfide) groups is 1. The van der Waals surface area contributed by atoms with Crippen molar-refractivity contribution in [2.24, 2.45) is 17.8 Å². The molecule has 0 radical (unpaired) electrons. The Morgan fingerprint density at radius 3 is 2.25 bits per heavy atom. The smallest absolute Gasteiger partial charge is 0.219 e. The maximum absolute atomic E-state index is 12.5. The van der Waals surface area contributed by atoms with Gasteiger partial charge in [-0.15, -0.1) is 0 Å².